The minimum atomic E-state index is -0.327. The van der Waals surface area contributed by atoms with Gasteiger partial charge < -0.3 is 20.7 Å². The highest BCUT2D eigenvalue weighted by atomic mass is 35.5. The number of carbonyl (C=O) groups excluding carboxylic acids is 2. The lowest BCUT2D eigenvalue weighted by atomic mass is 10.1. The van der Waals surface area contributed by atoms with Gasteiger partial charge in [0.15, 0.2) is 0 Å². The molecule has 1 aromatic heterocycles. The molecule has 0 spiro atoms. The normalized spacial score (nSPS) is 10.5. The molecule has 7 nitrogen and oxygen atoms in total. The first-order chi connectivity index (χ1) is 15.4. The van der Waals surface area contributed by atoms with Crippen molar-refractivity contribution in [2.24, 2.45) is 0 Å². The molecule has 9 heteroatoms. The van der Waals surface area contributed by atoms with Gasteiger partial charge in [-0.2, -0.15) is 0 Å². The Morgan fingerprint density at radius 2 is 1.81 bits per heavy atom. The first-order valence-electron chi connectivity index (χ1n) is 10.1. The maximum Gasteiger partial charge on any atom is 0.319 e. The van der Waals surface area contributed by atoms with Gasteiger partial charge in [-0.25, -0.2) is 9.78 Å². The number of nitrogens with one attached hydrogen (secondary N) is 3. The highest BCUT2D eigenvalue weighted by molar-refractivity contribution is 7.09. The Hall–Kier alpha value is -3.10. The number of amides is 3. The number of benzene rings is 2. The van der Waals surface area contributed by atoms with E-state index < -0.39 is 0 Å². The molecule has 0 atom stereocenters. The highest BCUT2D eigenvalue weighted by Gasteiger charge is 2.11. The van der Waals surface area contributed by atoms with E-state index in [9.17, 15) is 9.59 Å². The fraction of sp³-hybridized carbons (Fsp3) is 0.261. The summed E-state index contributed by atoms with van der Waals surface area (Å²) in [5.41, 5.74) is 3.25. The van der Waals surface area contributed by atoms with Gasteiger partial charge in [0.2, 0.25) is 0 Å². The number of nitrogens with zero attached hydrogens (tertiary/aromatic N) is 1. The number of hydrogen-bond donors (Lipinski definition) is 3. The quantitative estimate of drug-likeness (QED) is 0.385. The van der Waals surface area contributed by atoms with Crippen molar-refractivity contribution in [3.05, 3.63) is 74.7 Å². The molecule has 0 fully saturated rings. The van der Waals surface area contributed by atoms with E-state index in [-0.39, 0.29) is 11.9 Å². The van der Waals surface area contributed by atoms with Crippen LogP contribution in [-0.4, -0.2) is 30.0 Å². The van der Waals surface area contributed by atoms with Crippen LogP contribution in [0.3, 0.4) is 0 Å². The van der Waals surface area contributed by atoms with E-state index in [1.165, 1.54) is 11.3 Å². The van der Waals surface area contributed by atoms with Crippen LogP contribution in [0.5, 0.6) is 5.75 Å². The lowest BCUT2D eigenvalue weighted by Crippen LogP contribution is -2.32. The molecule has 3 N–H and O–H groups in total. The third-order valence-electron chi connectivity index (χ3n) is 4.35. The average Bonchev–Trinajstić information content (AvgIpc) is 3.20. The number of aromatic nitrogens is 1. The van der Waals surface area contributed by atoms with Crippen LogP contribution in [0.2, 0.25) is 5.02 Å². The number of hydrogen-bond acceptors (Lipinski definition) is 5. The Labute approximate surface area is 196 Å². The molecule has 0 saturated carbocycles. The van der Waals surface area contributed by atoms with Crippen molar-refractivity contribution in [2.75, 3.05) is 18.4 Å². The van der Waals surface area contributed by atoms with Gasteiger partial charge in [-0.05, 0) is 61.7 Å². The van der Waals surface area contributed by atoms with E-state index in [4.69, 9.17) is 16.3 Å². The summed E-state index contributed by atoms with van der Waals surface area (Å²) in [5, 5.41) is 11.2. The summed E-state index contributed by atoms with van der Waals surface area (Å²) in [4.78, 5) is 28.5. The first kappa shape index (κ1) is 23.6. The molecular formula is C23H25ClN4O3S. The van der Waals surface area contributed by atoms with Crippen LogP contribution >= 0.6 is 22.9 Å². The largest absolute Gasteiger partial charge is 0.486 e. The number of halogens is 1. The van der Waals surface area contributed by atoms with Crippen LogP contribution < -0.4 is 20.7 Å². The van der Waals surface area contributed by atoms with Gasteiger partial charge in [-0.15, -0.1) is 11.3 Å². The minimum Gasteiger partial charge on any atom is -0.486 e. The van der Waals surface area contributed by atoms with E-state index in [1.54, 1.807) is 29.6 Å². The summed E-state index contributed by atoms with van der Waals surface area (Å²) in [6.07, 6.45) is 0.585. The van der Waals surface area contributed by atoms with E-state index in [1.807, 2.05) is 26.0 Å². The van der Waals surface area contributed by atoms with Gasteiger partial charge in [0.25, 0.3) is 5.91 Å². The molecule has 0 saturated heterocycles. The van der Waals surface area contributed by atoms with Crippen LogP contribution in [0.15, 0.2) is 47.8 Å². The SMILES string of the molecule is Cc1cc(C)cc(OCc2nc(C(=O)NCCCNC(=O)Nc3cccc(Cl)c3)cs2)c1. The predicted molar refractivity (Wildman–Crippen MR) is 128 cm³/mol. The molecule has 0 aliphatic heterocycles. The van der Waals surface area contributed by atoms with Crippen molar-refractivity contribution in [1.82, 2.24) is 15.6 Å². The molecule has 0 aliphatic carbocycles. The molecule has 0 unspecified atom stereocenters. The number of thiazole rings is 1. The summed E-state index contributed by atoms with van der Waals surface area (Å²) in [5.74, 6) is 0.540. The fourth-order valence-electron chi connectivity index (χ4n) is 2.97. The summed E-state index contributed by atoms with van der Waals surface area (Å²) in [7, 11) is 0. The molecular weight excluding hydrogens is 448 g/mol. The molecule has 0 bridgehead atoms. The molecule has 3 amide bonds. The van der Waals surface area contributed by atoms with Gasteiger partial charge in [0.1, 0.15) is 23.1 Å². The number of urea groups is 1. The second-order valence-corrected chi connectivity index (χ2v) is 8.62. The van der Waals surface area contributed by atoms with Crippen LogP contribution in [0, 0.1) is 13.8 Å². The van der Waals surface area contributed by atoms with Gasteiger partial charge in [0, 0.05) is 29.2 Å². The molecule has 3 rings (SSSR count). The van der Waals surface area contributed by atoms with Crippen molar-refractivity contribution >= 4 is 40.6 Å². The maximum absolute atomic E-state index is 12.3. The van der Waals surface area contributed by atoms with E-state index in [0.717, 1.165) is 21.9 Å². The van der Waals surface area contributed by atoms with E-state index in [2.05, 4.69) is 27.0 Å². The smallest absolute Gasteiger partial charge is 0.319 e. The summed E-state index contributed by atoms with van der Waals surface area (Å²) in [6, 6.07) is 12.6. The van der Waals surface area contributed by atoms with Crippen molar-refractivity contribution in [2.45, 2.75) is 26.9 Å². The molecule has 168 valence electrons. The molecule has 32 heavy (non-hydrogen) atoms. The number of rotatable bonds is 9. The summed E-state index contributed by atoms with van der Waals surface area (Å²) >= 11 is 7.27. The van der Waals surface area contributed by atoms with Crippen LogP contribution in [-0.2, 0) is 6.61 Å². The van der Waals surface area contributed by atoms with Crippen molar-refractivity contribution in [3.8, 4) is 5.75 Å². The molecule has 1 heterocycles. The zero-order valence-electron chi connectivity index (χ0n) is 17.9. The first-order valence-corrected chi connectivity index (χ1v) is 11.4. The number of aryl methyl sites for hydroxylation is 2. The highest BCUT2D eigenvalue weighted by Crippen LogP contribution is 2.19. The second kappa shape index (κ2) is 11.5. The number of anilines is 1. The van der Waals surface area contributed by atoms with Gasteiger partial charge in [0.05, 0.1) is 0 Å². The Bertz CT molecular complexity index is 1070. The average molecular weight is 473 g/mol. The van der Waals surface area contributed by atoms with Crippen LogP contribution in [0.4, 0.5) is 10.5 Å². The second-order valence-electron chi connectivity index (χ2n) is 7.24. The predicted octanol–water partition coefficient (Wildman–Crippen LogP) is 4.93. The number of carbonyl (C=O) groups is 2. The zero-order valence-corrected chi connectivity index (χ0v) is 19.5. The Balaban J connectivity index is 1.34. The van der Waals surface area contributed by atoms with Crippen LogP contribution in [0.1, 0.15) is 33.0 Å². The lowest BCUT2D eigenvalue weighted by molar-refractivity contribution is 0.0948. The van der Waals surface area contributed by atoms with Crippen molar-refractivity contribution in [1.29, 1.82) is 0 Å². The van der Waals surface area contributed by atoms with Crippen molar-refractivity contribution in [3.63, 3.8) is 0 Å². The summed E-state index contributed by atoms with van der Waals surface area (Å²) < 4.78 is 5.79. The third kappa shape index (κ3) is 7.55. The summed E-state index contributed by atoms with van der Waals surface area (Å²) in [6.45, 7) is 5.19. The Morgan fingerprint density at radius 1 is 1.06 bits per heavy atom. The zero-order chi connectivity index (χ0) is 22.9. The molecule has 0 radical (unpaired) electrons. The van der Waals surface area contributed by atoms with Crippen LogP contribution in [0.25, 0.3) is 0 Å². The van der Waals surface area contributed by atoms with Gasteiger partial charge >= 0.3 is 6.03 Å². The van der Waals surface area contributed by atoms with Gasteiger partial charge in [-0.1, -0.05) is 23.7 Å². The Morgan fingerprint density at radius 3 is 2.56 bits per heavy atom. The van der Waals surface area contributed by atoms with E-state index in [0.29, 0.717) is 42.5 Å². The Kier molecular flexibility index (Phi) is 8.47. The number of ether oxygens (including phenoxy) is 1. The standard InChI is InChI=1S/C23H25ClN4O3S/c1-15-9-16(2)11-19(10-15)31-13-21-28-20(14-32-21)22(29)25-7-4-8-26-23(30)27-18-6-3-5-17(24)12-18/h3,5-6,9-12,14H,4,7-8,13H2,1-2H3,(H,25,29)(H2,26,27,30). The van der Waals surface area contributed by atoms with Gasteiger partial charge in [-0.3, -0.25) is 4.79 Å². The molecule has 2 aromatic carbocycles. The topological polar surface area (TPSA) is 92.3 Å². The maximum atomic E-state index is 12.3. The lowest BCUT2D eigenvalue weighted by Gasteiger charge is -2.08. The molecule has 0 aliphatic rings. The van der Waals surface area contributed by atoms with Crippen molar-refractivity contribution < 1.29 is 14.3 Å². The third-order valence-corrected chi connectivity index (χ3v) is 5.41. The molecule has 3 aromatic rings. The minimum absolute atomic E-state index is 0.248. The fourth-order valence-corrected chi connectivity index (χ4v) is 3.84. The van der Waals surface area contributed by atoms with E-state index >= 15 is 0 Å². The monoisotopic (exact) mass is 472 g/mol.